The molecule has 1 rings (SSSR count). The molecule has 0 unspecified atom stereocenters. The summed E-state index contributed by atoms with van der Waals surface area (Å²) in [6, 6.07) is 3.45. The summed E-state index contributed by atoms with van der Waals surface area (Å²) in [6.45, 7) is 1.82. The molecule has 94 valence electrons. The number of hydrogen-bond acceptors (Lipinski definition) is 3. The Balaban J connectivity index is 2.90. The largest absolute Gasteiger partial charge is 0.573 e. The lowest BCUT2D eigenvalue weighted by Crippen LogP contribution is -2.17. The van der Waals surface area contributed by atoms with E-state index >= 15 is 0 Å². The van der Waals surface area contributed by atoms with Crippen LogP contribution in [-0.4, -0.2) is 18.9 Å². The van der Waals surface area contributed by atoms with Crippen LogP contribution >= 0.6 is 15.9 Å². The van der Waals surface area contributed by atoms with Crippen LogP contribution in [0.1, 0.15) is 17.3 Å². The Bertz CT molecular complexity index is 418. The second-order valence-electron chi connectivity index (χ2n) is 2.91. The van der Waals surface area contributed by atoms with Crippen molar-refractivity contribution < 1.29 is 27.4 Å². The van der Waals surface area contributed by atoms with E-state index in [2.05, 4.69) is 20.7 Å². The first-order valence-electron chi connectivity index (χ1n) is 4.56. The smallest absolute Gasteiger partial charge is 0.462 e. The van der Waals surface area contributed by atoms with Crippen LogP contribution in [-0.2, 0) is 4.74 Å². The monoisotopic (exact) mass is 312 g/mol. The van der Waals surface area contributed by atoms with Crippen molar-refractivity contribution in [3.8, 4) is 5.75 Å². The number of esters is 1. The maximum atomic E-state index is 12.0. The van der Waals surface area contributed by atoms with Crippen LogP contribution in [0.4, 0.5) is 13.2 Å². The quantitative estimate of drug-likeness (QED) is 0.801. The lowest BCUT2D eigenvalue weighted by molar-refractivity contribution is -0.274. The molecule has 17 heavy (non-hydrogen) atoms. The second-order valence-corrected chi connectivity index (χ2v) is 3.77. The Morgan fingerprint density at radius 2 is 2.06 bits per heavy atom. The van der Waals surface area contributed by atoms with Gasteiger partial charge in [-0.1, -0.05) is 0 Å². The minimum Gasteiger partial charge on any atom is -0.462 e. The maximum Gasteiger partial charge on any atom is 0.573 e. The molecule has 0 bridgehead atoms. The van der Waals surface area contributed by atoms with Crippen molar-refractivity contribution in [2.45, 2.75) is 13.3 Å². The van der Waals surface area contributed by atoms with Gasteiger partial charge in [-0.25, -0.2) is 4.79 Å². The number of alkyl halides is 3. The highest BCUT2D eigenvalue weighted by atomic mass is 79.9. The molecule has 0 aliphatic heterocycles. The zero-order valence-corrected chi connectivity index (χ0v) is 10.3. The summed E-state index contributed by atoms with van der Waals surface area (Å²) in [5.41, 5.74) is 0.147. The van der Waals surface area contributed by atoms with Gasteiger partial charge in [0, 0.05) is 0 Å². The summed E-state index contributed by atoms with van der Waals surface area (Å²) in [5.74, 6) is -1.02. The van der Waals surface area contributed by atoms with Crippen LogP contribution in [0.5, 0.6) is 5.75 Å². The number of ether oxygens (including phenoxy) is 2. The molecule has 0 aliphatic rings. The molecule has 0 atom stereocenters. The van der Waals surface area contributed by atoms with Gasteiger partial charge >= 0.3 is 12.3 Å². The molecule has 0 radical (unpaired) electrons. The van der Waals surface area contributed by atoms with E-state index in [1.54, 1.807) is 6.92 Å². The first kappa shape index (κ1) is 13.8. The molecule has 0 heterocycles. The third kappa shape index (κ3) is 4.26. The van der Waals surface area contributed by atoms with E-state index in [1.807, 2.05) is 0 Å². The fourth-order valence-electron chi connectivity index (χ4n) is 1.05. The van der Waals surface area contributed by atoms with Crippen LogP contribution in [0.15, 0.2) is 22.7 Å². The highest BCUT2D eigenvalue weighted by Crippen LogP contribution is 2.31. The van der Waals surface area contributed by atoms with Crippen molar-refractivity contribution in [1.82, 2.24) is 0 Å². The zero-order chi connectivity index (χ0) is 13.1. The van der Waals surface area contributed by atoms with Crippen LogP contribution < -0.4 is 4.74 Å². The number of carbonyl (C=O) groups is 1. The van der Waals surface area contributed by atoms with Crippen LogP contribution in [0.3, 0.4) is 0 Å². The molecular weight excluding hydrogens is 305 g/mol. The summed E-state index contributed by atoms with van der Waals surface area (Å²) in [7, 11) is 0. The van der Waals surface area contributed by atoms with Crippen molar-refractivity contribution in [3.63, 3.8) is 0 Å². The SMILES string of the molecule is CCOC(=O)c1ccc(OC(F)(F)F)c(Br)c1. The average molecular weight is 313 g/mol. The Hall–Kier alpha value is -1.24. The number of benzene rings is 1. The van der Waals surface area contributed by atoms with Gasteiger partial charge in [-0.15, -0.1) is 13.2 Å². The lowest BCUT2D eigenvalue weighted by Gasteiger charge is -2.11. The molecule has 0 fully saturated rings. The van der Waals surface area contributed by atoms with E-state index < -0.39 is 18.1 Å². The summed E-state index contributed by atoms with van der Waals surface area (Å²) in [5, 5.41) is 0. The van der Waals surface area contributed by atoms with Crippen molar-refractivity contribution in [2.24, 2.45) is 0 Å². The Labute approximate surface area is 104 Å². The molecule has 0 saturated carbocycles. The molecule has 3 nitrogen and oxygen atoms in total. The Kier molecular flexibility index (Phi) is 4.39. The number of rotatable bonds is 3. The molecule has 0 spiro atoms. The van der Waals surface area contributed by atoms with Crippen LogP contribution in [0, 0.1) is 0 Å². The zero-order valence-electron chi connectivity index (χ0n) is 8.68. The third-order valence-corrected chi connectivity index (χ3v) is 2.29. The molecule has 0 aliphatic carbocycles. The Morgan fingerprint density at radius 1 is 1.41 bits per heavy atom. The molecule has 0 saturated heterocycles. The predicted molar refractivity (Wildman–Crippen MR) is 56.8 cm³/mol. The summed E-state index contributed by atoms with van der Waals surface area (Å²) in [6.07, 6.45) is -4.77. The number of carbonyl (C=O) groups excluding carboxylic acids is 1. The van der Waals surface area contributed by atoms with Crippen molar-refractivity contribution in [1.29, 1.82) is 0 Å². The van der Waals surface area contributed by atoms with E-state index in [0.29, 0.717) is 0 Å². The van der Waals surface area contributed by atoms with Gasteiger partial charge in [0.05, 0.1) is 16.6 Å². The summed E-state index contributed by atoms with van der Waals surface area (Å²) in [4.78, 5) is 11.3. The van der Waals surface area contributed by atoms with Gasteiger partial charge in [-0.05, 0) is 41.1 Å². The minimum atomic E-state index is -4.77. The molecule has 0 amide bonds. The Morgan fingerprint density at radius 3 is 2.53 bits per heavy atom. The first-order valence-corrected chi connectivity index (χ1v) is 5.35. The topological polar surface area (TPSA) is 35.5 Å². The van der Waals surface area contributed by atoms with Gasteiger partial charge in [0.25, 0.3) is 0 Å². The fourth-order valence-corrected chi connectivity index (χ4v) is 1.51. The third-order valence-electron chi connectivity index (χ3n) is 1.67. The van der Waals surface area contributed by atoms with E-state index in [-0.39, 0.29) is 16.6 Å². The van der Waals surface area contributed by atoms with Gasteiger partial charge in [0.2, 0.25) is 0 Å². The van der Waals surface area contributed by atoms with Gasteiger partial charge in [-0.3, -0.25) is 0 Å². The summed E-state index contributed by atoms with van der Waals surface area (Å²) >= 11 is 2.89. The molecular formula is C10H8BrF3O3. The lowest BCUT2D eigenvalue weighted by atomic mass is 10.2. The van der Waals surface area contributed by atoms with Crippen molar-refractivity contribution >= 4 is 21.9 Å². The molecule has 1 aromatic rings. The van der Waals surface area contributed by atoms with Gasteiger partial charge in [0.15, 0.2) is 0 Å². The first-order chi connectivity index (χ1) is 7.83. The standard InChI is InChI=1S/C10H8BrF3O3/c1-2-16-9(15)6-3-4-8(7(11)5-6)17-10(12,13)14/h3-5H,2H2,1H3. The van der Waals surface area contributed by atoms with E-state index in [1.165, 1.54) is 12.1 Å². The van der Waals surface area contributed by atoms with E-state index in [4.69, 9.17) is 4.74 Å². The fraction of sp³-hybridized carbons (Fsp3) is 0.300. The molecule has 0 N–H and O–H groups in total. The molecule has 7 heteroatoms. The van der Waals surface area contributed by atoms with Crippen molar-refractivity contribution in [3.05, 3.63) is 28.2 Å². The number of hydrogen-bond donors (Lipinski definition) is 0. The highest BCUT2D eigenvalue weighted by molar-refractivity contribution is 9.10. The van der Waals surface area contributed by atoms with E-state index in [0.717, 1.165) is 6.07 Å². The molecule has 1 aromatic carbocycles. The van der Waals surface area contributed by atoms with Gasteiger partial charge < -0.3 is 9.47 Å². The highest BCUT2D eigenvalue weighted by Gasteiger charge is 2.32. The normalized spacial score (nSPS) is 11.1. The second kappa shape index (κ2) is 5.39. The van der Waals surface area contributed by atoms with Gasteiger partial charge in [-0.2, -0.15) is 0 Å². The average Bonchev–Trinajstić information content (AvgIpc) is 2.19. The maximum absolute atomic E-state index is 12.0. The minimum absolute atomic E-state index is 0.0281. The number of halogens is 4. The predicted octanol–water partition coefficient (Wildman–Crippen LogP) is 3.52. The van der Waals surface area contributed by atoms with Crippen LogP contribution in [0.25, 0.3) is 0 Å². The van der Waals surface area contributed by atoms with Crippen LogP contribution in [0.2, 0.25) is 0 Å². The van der Waals surface area contributed by atoms with Gasteiger partial charge in [0.1, 0.15) is 5.75 Å². The molecule has 0 aromatic heterocycles. The van der Waals surface area contributed by atoms with Crippen molar-refractivity contribution in [2.75, 3.05) is 6.61 Å². The van der Waals surface area contributed by atoms with E-state index in [9.17, 15) is 18.0 Å². The summed E-state index contributed by atoms with van der Waals surface area (Å²) < 4.78 is 44.4.